The maximum Gasteiger partial charge on any atom is 0.181 e. The first-order valence-electron chi connectivity index (χ1n) is 5.13. The summed E-state index contributed by atoms with van der Waals surface area (Å²) in [6.07, 6.45) is 0.726. The fourth-order valence-electron chi connectivity index (χ4n) is 2.31. The Morgan fingerprint density at radius 3 is 3.19 bits per heavy atom. The molecule has 1 saturated heterocycles. The fraction of sp³-hybridized carbons (Fsp3) is 0.364. The lowest BCUT2D eigenvalue weighted by Crippen LogP contribution is -2.62. The number of ether oxygens (including phenoxy) is 1. The highest BCUT2D eigenvalue weighted by atomic mass is 32.1. The van der Waals surface area contributed by atoms with Crippen LogP contribution in [0, 0.1) is 5.82 Å². The summed E-state index contributed by atoms with van der Waals surface area (Å²) < 4.78 is 19.0. The quantitative estimate of drug-likeness (QED) is 0.676. The number of hydrogen-bond acceptors (Lipinski definition) is 2. The van der Waals surface area contributed by atoms with E-state index in [1.165, 1.54) is 12.1 Å². The van der Waals surface area contributed by atoms with Gasteiger partial charge in [0.25, 0.3) is 0 Å². The molecule has 2 N–H and O–H groups in total. The van der Waals surface area contributed by atoms with Crippen LogP contribution in [0.4, 0.5) is 4.39 Å². The lowest BCUT2D eigenvalue weighted by Gasteiger charge is -2.45. The Labute approximate surface area is 98.0 Å². The van der Waals surface area contributed by atoms with Crippen LogP contribution in [0.25, 0.3) is 0 Å². The van der Waals surface area contributed by atoms with Gasteiger partial charge in [0.1, 0.15) is 11.6 Å². The summed E-state index contributed by atoms with van der Waals surface area (Å²) in [4.78, 5) is 0. The maximum atomic E-state index is 13.2. The van der Waals surface area contributed by atoms with Crippen LogP contribution in [-0.2, 0) is 0 Å². The number of thiocarbonyl (C=S) groups is 1. The summed E-state index contributed by atoms with van der Waals surface area (Å²) in [6.45, 7) is 1.94. The second kappa shape index (κ2) is 3.07. The number of halogens is 1. The van der Waals surface area contributed by atoms with E-state index in [9.17, 15) is 4.39 Å². The molecule has 16 heavy (non-hydrogen) atoms. The van der Waals surface area contributed by atoms with Gasteiger partial charge in [-0.15, -0.1) is 0 Å². The molecule has 0 radical (unpaired) electrons. The largest absolute Gasteiger partial charge is 0.468 e. The minimum atomic E-state index is -0.488. The van der Waals surface area contributed by atoms with Gasteiger partial charge in [0.15, 0.2) is 10.8 Å². The van der Waals surface area contributed by atoms with Gasteiger partial charge in [-0.25, -0.2) is 4.39 Å². The molecule has 0 unspecified atom stereocenters. The highest BCUT2D eigenvalue weighted by Gasteiger charge is 2.41. The second-order valence-electron chi connectivity index (χ2n) is 4.37. The van der Waals surface area contributed by atoms with E-state index in [1.807, 2.05) is 6.92 Å². The maximum absolute atomic E-state index is 13.2. The van der Waals surface area contributed by atoms with Gasteiger partial charge in [0.2, 0.25) is 0 Å². The van der Waals surface area contributed by atoms with Crippen molar-refractivity contribution in [1.29, 1.82) is 0 Å². The van der Waals surface area contributed by atoms with E-state index in [2.05, 4.69) is 10.6 Å². The van der Waals surface area contributed by atoms with Crippen molar-refractivity contribution in [2.75, 3.05) is 0 Å². The highest BCUT2D eigenvalue weighted by molar-refractivity contribution is 7.80. The molecule has 3 nitrogen and oxygen atoms in total. The number of rotatable bonds is 0. The highest BCUT2D eigenvalue weighted by Crippen LogP contribution is 2.40. The van der Waals surface area contributed by atoms with Gasteiger partial charge in [0, 0.05) is 12.0 Å². The molecule has 2 bridgehead atoms. The Bertz CT molecular complexity index is 479. The molecule has 84 valence electrons. The zero-order chi connectivity index (χ0) is 11.3. The average molecular weight is 238 g/mol. The van der Waals surface area contributed by atoms with Gasteiger partial charge >= 0.3 is 0 Å². The van der Waals surface area contributed by atoms with E-state index in [-0.39, 0.29) is 11.9 Å². The molecule has 3 rings (SSSR count). The number of hydrogen-bond donors (Lipinski definition) is 2. The Kier molecular flexibility index (Phi) is 1.89. The van der Waals surface area contributed by atoms with Gasteiger partial charge in [-0.2, -0.15) is 0 Å². The molecule has 0 amide bonds. The molecule has 2 atom stereocenters. The van der Waals surface area contributed by atoms with E-state index in [0.717, 1.165) is 12.0 Å². The molecule has 0 spiro atoms. The average Bonchev–Trinajstić information content (AvgIpc) is 2.17. The van der Waals surface area contributed by atoms with E-state index in [1.54, 1.807) is 6.07 Å². The van der Waals surface area contributed by atoms with Crippen LogP contribution in [-0.4, -0.2) is 10.8 Å². The molecule has 0 aromatic heterocycles. The lowest BCUT2D eigenvalue weighted by atomic mass is 9.92. The van der Waals surface area contributed by atoms with E-state index >= 15 is 0 Å². The summed E-state index contributed by atoms with van der Waals surface area (Å²) in [6, 6.07) is 4.59. The monoisotopic (exact) mass is 238 g/mol. The molecular weight excluding hydrogens is 227 g/mol. The van der Waals surface area contributed by atoms with Crippen LogP contribution in [0.5, 0.6) is 5.75 Å². The first kappa shape index (κ1) is 9.84. The fourth-order valence-corrected chi connectivity index (χ4v) is 2.67. The molecular formula is C11H11FN2OS. The number of benzene rings is 1. The van der Waals surface area contributed by atoms with Crippen LogP contribution < -0.4 is 15.4 Å². The molecule has 1 aromatic carbocycles. The van der Waals surface area contributed by atoms with Crippen molar-refractivity contribution in [2.45, 2.75) is 25.1 Å². The number of fused-ring (bicyclic) bond motifs is 4. The van der Waals surface area contributed by atoms with Crippen LogP contribution >= 0.6 is 12.2 Å². The van der Waals surface area contributed by atoms with Gasteiger partial charge < -0.3 is 15.4 Å². The third-order valence-corrected chi connectivity index (χ3v) is 3.18. The van der Waals surface area contributed by atoms with Gasteiger partial charge in [0.05, 0.1) is 6.04 Å². The normalized spacial score (nSPS) is 30.9. The first-order chi connectivity index (χ1) is 7.56. The van der Waals surface area contributed by atoms with Crippen molar-refractivity contribution in [1.82, 2.24) is 10.6 Å². The molecule has 2 heterocycles. The molecule has 2 aliphatic rings. The van der Waals surface area contributed by atoms with Gasteiger partial charge in [-0.05, 0) is 37.3 Å². The van der Waals surface area contributed by atoms with Crippen LogP contribution in [0.2, 0.25) is 0 Å². The summed E-state index contributed by atoms with van der Waals surface area (Å²) in [5.41, 5.74) is 0.346. The summed E-state index contributed by atoms with van der Waals surface area (Å²) in [7, 11) is 0. The van der Waals surface area contributed by atoms with Crippen molar-refractivity contribution in [2.24, 2.45) is 0 Å². The minimum Gasteiger partial charge on any atom is -0.468 e. The van der Waals surface area contributed by atoms with Crippen LogP contribution in [0.1, 0.15) is 24.9 Å². The van der Waals surface area contributed by atoms with Crippen molar-refractivity contribution in [3.05, 3.63) is 29.6 Å². The summed E-state index contributed by atoms with van der Waals surface area (Å²) >= 11 is 5.10. The SMILES string of the molecule is C[C@@]12C[C@@H](NC(=S)N1)c1cc(F)ccc1O2. The standard InChI is InChI=1S/C11H11FN2OS/c1-11-5-8(13-10(16)14-11)7-4-6(12)2-3-9(7)15-11/h2-4,8H,5H2,1H3,(H2,13,14,16)/t8-,11-/m1/s1. The number of nitrogens with one attached hydrogen (secondary N) is 2. The van der Waals surface area contributed by atoms with Crippen molar-refractivity contribution >= 4 is 17.3 Å². The van der Waals surface area contributed by atoms with Crippen LogP contribution in [0.15, 0.2) is 18.2 Å². The Morgan fingerprint density at radius 2 is 2.38 bits per heavy atom. The smallest absolute Gasteiger partial charge is 0.181 e. The van der Waals surface area contributed by atoms with E-state index < -0.39 is 5.72 Å². The Morgan fingerprint density at radius 1 is 1.56 bits per heavy atom. The van der Waals surface area contributed by atoms with E-state index in [0.29, 0.717) is 10.9 Å². The third kappa shape index (κ3) is 1.43. The van der Waals surface area contributed by atoms with Crippen molar-refractivity contribution in [3.8, 4) is 5.75 Å². The Balaban J connectivity index is 2.10. The van der Waals surface area contributed by atoms with Gasteiger partial charge in [-0.3, -0.25) is 0 Å². The topological polar surface area (TPSA) is 33.3 Å². The molecule has 0 saturated carbocycles. The third-order valence-electron chi connectivity index (χ3n) is 2.96. The molecule has 2 aliphatic heterocycles. The lowest BCUT2D eigenvalue weighted by molar-refractivity contribution is 0.0249. The molecule has 1 fully saturated rings. The van der Waals surface area contributed by atoms with Crippen LogP contribution in [0.3, 0.4) is 0 Å². The van der Waals surface area contributed by atoms with Crippen molar-refractivity contribution in [3.63, 3.8) is 0 Å². The zero-order valence-corrected chi connectivity index (χ0v) is 9.53. The first-order valence-corrected chi connectivity index (χ1v) is 5.54. The summed E-state index contributed by atoms with van der Waals surface area (Å²) in [5, 5.41) is 6.76. The minimum absolute atomic E-state index is 0.0261. The van der Waals surface area contributed by atoms with Crippen molar-refractivity contribution < 1.29 is 9.13 Å². The predicted molar refractivity (Wildman–Crippen MR) is 61.7 cm³/mol. The molecule has 5 heteroatoms. The molecule has 1 aromatic rings. The summed E-state index contributed by atoms with van der Waals surface area (Å²) in [5.74, 6) is 0.458. The zero-order valence-electron chi connectivity index (χ0n) is 8.71. The second-order valence-corrected chi connectivity index (χ2v) is 4.78. The molecule has 0 aliphatic carbocycles. The predicted octanol–water partition coefficient (Wildman–Crippen LogP) is 1.84. The van der Waals surface area contributed by atoms with Gasteiger partial charge in [-0.1, -0.05) is 0 Å². The Hall–Kier alpha value is -1.36. The van der Waals surface area contributed by atoms with E-state index in [4.69, 9.17) is 17.0 Å².